The minimum atomic E-state index is -0.221. The normalized spacial score (nSPS) is 14.0. The quantitative estimate of drug-likeness (QED) is 0.840. The molecule has 0 fully saturated rings. The van der Waals surface area contributed by atoms with Gasteiger partial charge in [0, 0.05) is 17.5 Å². The molecule has 0 saturated carbocycles. The number of nitrogens with zero attached hydrogens (tertiary/aromatic N) is 1. The Bertz CT molecular complexity index is 557. The number of rotatable bonds is 3. The van der Waals surface area contributed by atoms with E-state index in [4.69, 9.17) is 0 Å². The molecule has 1 aliphatic rings. The Morgan fingerprint density at radius 3 is 2.79 bits per heavy atom. The number of likely N-dealkylation sites (N-methyl/N-ethyl adjacent to an activating group) is 1. The molecular formula is C13H14N2O3S. The van der Waals surface area contributed by atoms with E-state index in [0.29, 0.717) is 11.3 Å². The smallest absolute Gasteiger partial charge is 0.239 e. The van der Waals surface area contributed by atoms with Gasteiger partial charge in [0.05, 0.1) is 11.4 Å². The number of anilines is 1. The monoisotopic (exact) mass is 278 g/mol. The van der Waals surface area contributed by atoms with Crippen LogP contribution >= 0.6 is 11.8 Å². The average Bonchev–Trinajstić information content (AvgIpc) is 2.41. The molecule has 2 amide bonds. The van der Waals surface area contributed by atoms with E-state index < -0.39 is 0 Å². The highest BCUT2D eigenvalue weighted by atomic mass is 32.2. The van der Waals surface area contributed by atoms with Gasteiger partial charge in [0.15, 0.2) is 5.78 Å². The summed E-state index contributed by atoms with van der Waals surface area (Å²) >= 11 is 1.39. The Morgan fingerprint density at radius 2 is 2.16 bits per heavy atom. The van der Waals surface area contributed by atoms with Gasteiger partial charge in [-0.2, -0.15) is 0 Å². The maximum absolute atomic E-state index is 11.9. The SMILES string of the molecule is CNC(=O)CN1C(=O)CSc2cc(C(C)=O)ccc21. The van der Waals surface area contributed by atoms with Crippen molar-refractivity contribution in [1.29, 1.82) is 0 Å². The van der Waals surface area contributed by atoms with Gasteiger partial charge in [0.25, 0.3) is 0 Å². The molecule has 0 unspecified atom stereocenters. The third kappa shape index (κ3) is 2.78. The minimum absolute atomic E-state index is 0.00229. The first-order valence-electron chi connectivity index (χ1n) is 5.81. The summed E-state index contributed by atoms with van der Waals surface area (Å²) in [7, 11) is 1.53. The number of carbonyl (C=O) groups is 3. The lowest BCUT2D eigenvalue weighted by molar-refractivity contribution is -0.122. The summed E-state index contributed by atoms with van der Waals surface area (Å²) in [5, 5.41) is 2.50. The van der Waals surface area contributed by atoms with Gasteiger partial charge in [-0.15, -0.1) is 11.8 Å². The molecule has 100 valence electrons. The van der Waals surface area contributed by atoms with Crippen LogP contribution in [0.2, 0.25) is 0 Å². The number of nitrogens with one attached hydrogen (secondary N) is 1. The van der Waals surface area contributed by atoms with Crippen LogP contribution in [0.4, 0.5) is 5.69 Å². The topological polar surface area (TPSA) is 66.5 Å². The van der Waals surface area contributed by atoms with Gasteiger partial charge < -0.3 is 10.2 Å². The molecule has 1 N–H and O–H groups in total. The third-order valence-electron chi connectivity index (χ3n) is 2.89. The fraction of sp³-hybridized carbons (Fsp3) is 0.308. The predicted molar refractivity (Wildman–Crippen MR) is 73.6 cm³/mol. The Hall–Kier alpha value is -1.82. The summed E-state index contributed by atoms with van der Waals surface area (Å²) in [6.45, 7) is 1.50. The van der Waals surface area contributed by atoms with Crippen LogP contribution in [0.25, 0.3) is 0 Å². The van der Waals surface area contributed by atoms with Crippen molar-refractivity contribution in [3.05, 3.63) is 23.8 Å². The predicted octanol–water partition coefficient (Wildman–Crippen LogP) is 1.07. The van der Waals surface area contributed by atoms with E-state index in [-0.39, 0.29) is 29.9 Å². The van der Waals surface area contributed by atoms with Crippen LogP contribution in [0, 0.1) is 0 Å². The summed E-state index contributed by atoms with van der Waals surface area (Å²) in [6.07, 6.45) is 0. The van der Waals surface area contributed by atoms with Gasteiger partial charge >= 0.3 is 0 Å². The molecule has 0 aliphatic carbocycles. The van der Waals surface area contributed by atoms with Crippen LogP contribution in [0.1, 0.15) is 17.3 Å². The summed E-state index contributed by atoms with van der Waals surface area (Å²) < 4.78 is 0. The van der Waals surface area contributed by atoms with Gasteiger partial charge in [-0.3, -0.25) is 14.4 Å². The van der Waals surface area contributed by atoms with Crippen LogP contribution in [0.5, 0.6) is 0 Å². The highest BCUT2D eigenvalue weighted by Crippen LogP contribution is 2.35. The molecule has 1 aromatic rings. The first-order valence-corrected chi connectivity index (χ1v) is 6.80. The van der Waals surface area contributed by atoms with Crippen molar-refractivity contribution < 1.29 is 14.4 Å². The van der Waals surface area contributed by atoms with Gasteiger partial charge in [0.2, 0.25) is 11.8 Å². The van der Waals surface area contributed by atoms with Crippen molar-refractivity contribution in [1.82, 2.24) is 5.32 Å². The molecule has 1 heterocycles. The molecule has 1 aromatic carbocycles. The van der Waals surface area contributed by atoms with Crippen LogP contribution < -0.4 is 10.2 Å². The van der Waals surface area contributed by atoms with Crippen molar-refractivity contribution >= 4 is 35.0 Å². The van der Waals surface area contributed by atoms with E-state index in [1.807, 2.05) is 0 Å². The molecule has 0 saturated heterocycles. The van der Waals surface area contributed by atoms with Crippen molar-refractivity contribution in [2.24, 2.45) is 0 Å². The highest BCUT2D eigenvalue weighted by molar-refractivity contribution is 8.00. The van der Waals surface area contributed by atoms with Crippen molar-refractivity contribution in [2.45, 2.75) is 11.8 Å². The average molecular weight is 278 g/mol. The molecule has 0 spiro atoms. The number of amides is 2. The van der Waals surface area contributed by atoms with Crippen molar-refractivity contribution in [3.63, 3.8) is 0 Å². The number of fused-ring (bicyclic) bond motifs is 1. The van der Waals surface area contributed by atoms with Crippen LogP contribution in [0.3, 0.4) is 0 Å². The molecule has 0 bridgehead atoms. The van der Waals surface area contributed by atoms with Crippen LogP contribution in [-0.2, 0) is 9.59 Å². The molecule has 2 rings (SSSR count). The Kier molecular flexibility index (Phi) is 3.90. The van der Waals surface area contributed by atoms with Gasteiger partial charge in [-0.1, -0.05) is 0 Å². The number of benzene rings is 1. The van der Waals surface area contributed by atoms with Crippen LogP contribution in [0.15, 0.2) is 23.1 Å². The lowest BCUT2D eigenvalue weighted by Crippen LogP contribution is -2.42. The molecule has 0 atom stereocenters. The maximum Gasteiger partial charge on any atom is 0.239 e. The molecule has 0 radical (unpaired) electrons. The second-order valence-corrected chi connectivity index (χ2v) is 5.20. The van der Waals surface area contributed by atoms with E-state index in [1.54, 1.807) is 18.2 Å². The second-order valence-electron chi connectivity index (χ2n) is 4.18. The first-order chi connectivity index (χ1) is 9.02. The zero-order valence-electron chi connectivity index (χ0n) is 10.7. The third-order valence-corrected chi connectivity index (χ3v) is 3.92. The minimum Gasteiger partial charge on any atom is -0.358 e. The van der Waals surface area contributed by atoms with E-state index in [2.05, 4.69) is 5.32 Å². The number of Topliss-reactive ketones (excluding diaryl/α,β-unsaturated/α-hetero) is 1. The summed E-state index contributed by atoms with van der Waals surface area (Å²) in [4.78, 5) is 37.0. The molecule has 19 heavy (non-hydrogen) atoms. The summed E-state index contributed by atoms with van der Waals surface area (Å²) in [5.74, 6) is -0.0533. The van der Waals surface area contributed by atoms with Crippen LogP contribution in [-0.4, -0.2) is 36.9 Å². The number of hydrogen-bond donors (Lipinski definition) is 1. The fourth-order valence-electron chi connectivity index (χ4n) is 1.82. The lowest BCUT2D eigenvalue weighted by atomic mass is 10.1. The Balaban J connectivity index is 2.36. The summed E-state index contributed by atoms with van der Waals surface area (Å²) in [5.41, 5.74) is 1.30. The van der Waals surface area contributed by atoms with Gasteiger partial charge in [0.1, 0.15) is 6.54 Å². The molecule has 0 aromatic heterocycles. The zero-order valence-corrected chi connectivity index (χ0v) is 11.5. The van der Waals surface area contributed by atoms with Gasteiger partial charge in [-0.05, 0) is 25.1 Å². The fourth-order valence-corrected chi connectivity index (χ4v) is 2.79. The van der Waals surface area contributed by atoms with Crippen molar-refractivity contribution in [3.8, 4) is 0 Å². The number of carbonyl (C=O) groups excluding carboxylic acids is 3. The van der Waals surface area contributed by atoms with Crippen molar-refractivity contribution in [2.75, 3.05) is 24.2 Å². The molecule has 1 aliphatic heterocycles. The number of hydrogen-bond acceptors (Lipinski definition) is 4. The number of ketones is 1. The van der Waals surface area contributed by atoms with E-state index in [0.717, 1.165) is 4.90 Å². The Labute approximate surface area is 115 Å². The highest BCUT2D eigenvalue weighted by Gasteiger charge is 2.26. The second kappa shape index (κ2) is 5.44. The molecular weight excluding hydrogens is 264 g/mol. The number of thioether (sulfide) groups is 1. The van der Waals surface area contributed by atoms with E-state index in [1.165, 1.54) is 30.6 Å². The summed E-state index contributed by atoms with van der Waals surface area (Å²) in [6, 6.07) is 5.17. The maximum atomic E-state index is 11.9. The van der Waals surface area contributed by atoms with Gasteiger partial charge in [-0.25, -0.2) is 0 Å². The van der Waals surface area contributed by atoms with E-state index in [9.17, 15) is 14.4 Å². The van der Waals surface area contributed by atoms with E-state index >= 15 is 0 Å². The Morgan fingerprint density at radius 1 is 1.42 bits per heavy atom. The molecule has 6 heteroatoms. The zero-order chi connectivity index (χ0) is 14.0. The molecule has 5 nitrogen and oxygen atoms in total. The first kappa shape index (κ1) is 13.6. The standard InChI is InChI=1S/C13H14N2O3S/c1-8(16)9-3-4-10-11(5-9)19-7-13(18)15(10)6-12(17)14-2/h3-5H,6-7H2,1-2H3,(H,14,17). The largest absolute Gasteiger partial charge is 0.358 e. The lowest BCUT2D eigenvalue weighted by Gasteiger charge is -2.28.